The van der Waals surface area contributed by atoms with Gasteiger partial charge in [0.05, 0.1) is 26.4 Å². The third-order valence-electron chi connectivity index (χ3n) is 14.9. The number of hydrogen-bond donors (Lipinski definition) is 3. The van der Waals surface area contributed by atoms with Gasteiger partial charge in [0.25, 0.3) is 0 Å². The first kappa shape index (κ1) is 80.1. The highest BCUT2D eigenvalue weighted by atomic mass is 31.2. The van der Waals surface area contributed by atoms with Gasteiger partial charge in [-0.05, 0) is 31.6 Å². The third kappa shape index (κ3) is 55.9. The number of carbonyl (C=O) groups is 4. The number of unbranched alkanes of at least 4 members (excludes halogenated alkanes) is 34. The number of ether oxygens (including phenoxy) is 4. The van der Waals surface area contributed by atoms with Gasteiger partial charge in [-0.15, -0.1) is 0 Å². The average Bonchev–Trinajstić information content (AvgIpc) is 3.45. The summed E-state index contributed by atoms with van der Waals surface area (Å²) in [6, 6.07) is 0. The first-order chi connectivity index (χ1) is 39.6. The molecule has 0 aromatic rings. The molecule has 0 aromatic heterocycles. The van der Waals surface area contributed by atoms with Gasteiger partial charge >= 0.3 is 39.5 Å². The Balaban J connectivity index is 5.07. The number of carbonyl (C=O) groups excluding carboxylic acids is 4. The highest BCUT2D eigenvalue weighted by Crippen LogP contribution is 2.45. The van der Waals surface area contributed by atoms with Crippen LogP contribution < -0.4 is 0 Å². The summed E-state index contributed by atoms with van der Waals surface area (Å²) in [5.41, 5.74) is 0. The summed E-state index contributed by atoms with van der Waals surface area (Å²) >= 11 is 0. The van der Waals surface area contributed by atoms with Crippen molar-refractivity contribution in [3.05, 3.63) is 0 Å². The third-order valence-corrected chi connectivity index (χ3v) is 16.8. The fourth-order valence-electron chi connectivity index (χ4n) is 9.37. The van der Waals surface area contributed by atoms with Gasteiger partial charge in [0.15, 0.2) is 12.2 Å². The number of esters is 4. The second-order valence-corrected chi connectivity index (χ2v) is 25.9. The molecule has 17 nitrogen and oxygen atoms in total. The van der Waals surface area contributed by atoms with Crippen molar-refractivity contribution in [2.45, 2.75) is 335 Å². The summed E-state index contributed by atoms with van der Waals surface area (Å²) in [6.45, 7) is 7.01. The topological polar surface area (TPSA) is 237 Å². The van der Waals surface area contributed by atoms with Gasteiger partial charge in [0.2, 0.25) is 0 Å². The molecule has 0 aliphatic carbocycles. The molecule has 19 heteroatoms. The van der Waals surface area contributed by atoms with E-state index in [-0.39, 0.29) is 25.7 Å². The van der Waals surface area contributed by atoms with Crippen molar-refractivity contribution in [1.82, 2.24) is 0 Å². The molecule has 0 saturated carbocycles. The molecule has 0 bridgehead atoms. The fourth-order valence-corrected chi connectivity index (χ4v) is 11.0. The van der Waals surface area contributed by atoms with Crippen molar-refractivity contribution in [2.75, 3.05) is 39.6 Å². The predicted octanol–water partition coefficient (Wildman–Crippen LogP) is 17.4. The summed E-state index contributed by atoms with van der Waals surface area (Å²) < 4.78 is 67.6. The lowest BCUT2D eigenvalue weighted by Gasteiger charge is -2.21. The van der Waals surface area contributed by atoms with E-state index in [1.54, 1.807) is 0 Å². The van der Waals surface area contributed by atoms with E-state index in [2.05, 4.69) is 34.6 Å². The van der Waals surface area contributed by atoms with E-state index in [1.807, 2.05) is 0 Å². The van der Waals surface area contributed by atoms with Crippen LogP contribution in [0.25, 0.3) is 0 Å². The molecule has 0 heterocycles. The van der Waals surface area contributed by atoms with Gasteiger partial charge < -0.3 is 33.8 Å². The maximum Gasteiger partial charge on any atom is 0.472 e. The van der Waals surface area contributed by atoms with Crippen LogP contribution >= 0.6 is 15.6 Å². The molecule has 0 spiro atoms. The highest BCUT2D eigenvalue weighted by molar-refractivity contribution is 7.47. The molecule has 82 heavy (non-hydrogen) atoms. The number of rotatable bonds is 63. The van der Waals surface area contributed by atoms with Crippen molar-refractivity contribution < 1.29 is 80.2 Å². The summed E-state index contributed by atoms with van der Waals surface area (Å²) in [7, 11) is -9.87. The number of phosphoric ester groups is 2. The van der Waals surface area contributed by atoms with E-state index in [0.29, 0.717) is 25.7 Å². The van der Waals surface area contributed by atoms with Crippen LogP contribution in [0.4, 0.5) is 0 Å². The predicted molar refractivity (Wildman–Crippen MR) is 326 cm³/mol. The Hall–Kier alpha value is -1.94. The standard InChI is InChI=1S/C63H122O17P2/c1-6-10-13-16-18-19-20-21-22-23-24-25-26-27-28-29-30-32-39-44-49-63(68)80-59(53-74-61(66)47-42-37-34-33-36-40-45-56(5)9-4)55-78-82(71,72)76-51-57(64)50-75-81(69,70)77-54-58(52-73-60(65)46-41-35-15-12-8-3)79-62(67)48-43-38-31-17-14-11-7-2/h56-59,64H,6-55H2,1-5H3,(H,69,70)(H,71,72)/t56?,57-,58+,59+/m0/s1. The van der Waals surface area contributed by atoms with Crippen LogP contribution in [0.2, 0.25) is 0 Å². The molecule has 486 valence electrons. The van der Waals surface area contributed by atoms with Gasteiger partial charge in [-0.2, -0.15) is 0 Å². The molecule has 3 unspecified atom stereocenters. The first-order valence-electron chi connectivity index (χ1n) is 33.2. The number of aliphatic hydroxyl groups excluding tert-OH is 1. The van der Waals surface area contributed by atoms with Crippen LogP contribution in [0.3, 0.4) is 0 Å². The quantitative estimate of drug-likeness (QED) is 0.0222. The zero-order chi connectivity index (χ0) is 60.6. The van der Waals surface area contributed by atoms with Crippen LogP contribution in [-0.4, -0.2) is 96.7 Å². The monoisotopic (exact) mass is 1210 g/mol. The molecule has 0 aliphatic rings. The van der Waals surface area contributed by atoms with E-state index in [0.717, 1.165) is 121 Å². The smallest absolute Gasteiger partial charge is 0.462 e. The minimum absolute atomic E-state index is 0.103. The van der Waals surface area contributed by atoms with Crippen molar-refractivity contribution in [3.8, 4) is 0 Å². The molecular weight excluding hydrogens is 1090 g/mol. The lowest BCUT2D eigenvalue weighted by atomic mass is 10.00. The van der Waals surface area contributed by atoms with Gasteiger partial charge in [0.1, 0.15) is 19.3 Å². The number of phosphoric acid groups is 2. The minimum atomic E-state index is -4.94. The van der Waals surface area contributed by atoms with E-state index < -0.39 is 97.5 Å². The Morgan fingerprint density at radius 3 is 0.866 bits per heavy atom. The summed E-state index contributed by atoms with van der Waals surface area (Å²) in [6.07, 6.45) is 41.1. The highest BCUT2D eigenvalue weighted by Gasteiger charge is 2.30. The van der Waals surface area contributed by atoms with Crippen LogP contribution in [0.15, 0.2) is 0 Å². The van der Waals surface area contributed by atoms with Gasteiger partial charge in [-0.3, -0.25) is 37.3 Å². The SMILES string of the molecule is CCCCCCCCCCCCCCCCCCCCCCC(=O)O[C@H](COC(=O)CCCCCCCCC(C)CC)COP(=O)(O)OC[C@@H](O)COP(=O)(O)OC[C@@H](COC(=O)CCCCCCC)OC(=O)CCCCCCCCC. The molecule has 0 aliphatic heterocycles. The van der Waals surface area contributed by atoms with Crippen molar-refractivity contribution in [1.29, 1.82) is 0 Å². The zero-order valence-electron chi connectivity index (χ0n) is 52.6. The average molecular weight is 1210 g/mol. The van der Waals surface area contributed by atoms with Crippen LogP contribution in [0.5, 0.6) is 0 Å². The van der Waals surface area contributed by atoms with Crippen molar-refractivity contribution >= 4 is 39.5 Å². The van der Waals surface area contributed by atoms with Crippen LogP contribution in [0, 0.1) is 5.92 Å². The minimum Gasteiger partial charge on any atom is -0.462 e. The van der Waals surface area contributed by atoms with Gasteiger partial charge in [-0.1, -0.05) is 266 Å². The maximum absolute atomic E-state index is 13.0. The molecule has 0 aromatic carbocycles. The zero-order valence-corrected chi connectivity index (χ0v) is 54.4. The van der Waals surface area contributed by atoms with E-state index in [1.165, 1.54) is 116 Å². The lowest BCUT2D eigenvalue weighted by molar-refractivity contribution is -0.161. The number of aliphatic hydroxyl groups is 1. The molecule has 0 fully saturated rings. The van der Waals surface area contributed by atoms with Crippen molar-refractivity contribution in [2.24, 2.45) is 5.92 Å². The lowest BCUT2D eigenvalue weighted by Crippen LogP contribution is -2.30. The molecule has 0 radical (unpaired) electrons. The number of hydrogen-bond acceptors (Lipinski definition) is 15. The fraction of sp³-hybridized carbons (Fsp3) is 0.937. The van der Waals surface area contributed by atoms with Crippen molar-refractivity contribution in [3.63, 3.8) is 0 Å². The van der Waals surface area contributed by atoms with Crippen LogP contribution in [-0.2, 0) is 65.4 Å². The molecule has 3 N–H and O–H groups in total. The first-order valence-corrected chi connectivity index (χ1v) is 36.2. The summed E-state index contributed by atoms with van der Waals surface area (Å²) in [4.78, 5) is 71.7. The van der Waals surface area contributed by atoms with E-state index in [9.17, 15) is 43.2 Å². The molecule has 6 atom stereocenters. The second-order valence-electron chi connectivity index (χ2n) is 23.0. The Morgan fingerprint density at radius 2 is 0.585 bits per heavy atom. The largest absolute Gasteiger partial charge is 0.472 e. The second kappa shape index (κ2) is 56.8. The Morgan fingerprint density at radius 1 is 0.341 bits per heavy atom. The Labute approximate surface area is 498 Å². The summed E-state index contributed by atoms with van der Waals surface area (Å²) in [5.74, 6) is -1.42. The normalized spacial score (nSPS) is 14.6. The molecule has 0 amide bonds. The van der Waals surface area contributed by atoms with Gasteiger partial charge in [-0.25, -0.2) is 9.13 Å². The van der Waals surface area contributed by atoms with E-state index >= 15 is 0 Å². The molecular formula is C63H122O17P2. The Bertz CT molecular complexity index is 1600. The molecule has 0 rings (SSSR count). The molecule has 0 saturated heterocycles. The Kier molecular flexibility index (Phi) is 55.5. The summed E-state index contributed by atoms with van der Waals surface area (Å²) in [5, 5.41) is 10.5. The van der Waals surface area contributed by atoms with E-state index in [4.69, 9.17) is 37.0 Å². The van der Waals surface area contributed by atoms with Crippen LogP contribution in [0.1, 0.15) is 317 Å². The maximum atomic E-state index is 13.0. The van der Waals surface area contributed by atoms with Gasteiger partial charge in [0, 0.05) is 25.7 Å².